The molecule has 1 unspecified atom stereocenters. The standard InChI is InChI=1S/C15H26N2O3S/c1-5-16-10-13-6-7-14(20-13)21(18,19)17-9-8-12(11-17)15(2,3)4/h6-7,12,16H,5,8-11H2,1-4H3. The molecule has 1 atom stereocenters. The molecular formula is C15H26N2O3S. The fourth-order valence-electron chi connectivity index (χ4n) is 2.62. The first-order chi connectivity index (χ1) is 9.75. The molecule has 0 radical (unpaired) electrons. The van der Waals surface area contributed by atoms with Crippen LogP contribution in [0, 0.1) is 11.3 Å². The molecule has 0 bridgehead atoms. The third kappa shape index (κ3) is 3.67. The molecule has 21 heavy (non-hydrogen) atoms. The smallest absolute Gasteiger partial charge is 0.276 e. The highest BCUT2D eigenvalue weighted by atomic mass is 32.2. The summed E-state index contributed by atoms with van der Waals surface area (Å²) in [5.41, 5.74) is 0.129. The Hall–Kier alpha value is -0.850. The summed E-state index contributed by atoms with van der Waals surface area (Å²) in [5.74, 6) is 1.05. The van der Waals surface area contributed by atoms with Crippen molar-refractivity contribution in [2.75, 3.05) is 19.6 Å². The molecule has 0 spiro atoms. The number of nitrogens with zero attached hydrogens (tertiary/aromatic N) is 1. The highest BCUT2D eigenvalue weighted by Crippen LogP contribution is 2.36. The van der Waals surface area contributed by atoms with E-state index in [0.717, 1.165) is 13.0 Å². The van der Waals surface area contributed by atoms with Gasteiger partial charge < -0.3 is 9.73 Å². The summed E-state index contributed by atoms with van der Waals surface area (Å²) in [6, 6.07) is 3.29. The zero-order valence-electron chi connectivity index (χ0n) is 13.3. The fraction of sp³-hybridized carbons (Fsp3) is 0.733. The van der Waals surface area contributed by atoms with Crippen molar-refractivity contribution >= 4 is 10.0 Å². The lowest BCUT2D eigenvalue weighted by molar-refractivity contribution is 0.251. The van der Waals surface area contributed by atoms with E-state index in [9.17, 15) is 8.42 Å². The molecule has 1 N–H and O–H groups in total. The van der Waals surface area contributed by atoms with Gasteiger partial charge in [0.05, 0.1) is 6.54 Å². The van der Waals surface area contributed by atoms with Gasteiger partial charge >= 0.3 is 0 Å². The van der Waals surface area contributed by atoms with Crippen molar-refractivity contribution in [3.8, 4) is 0 Å². The van der Waals surface area contributed by atoms with Crippen LogP contribution in [0.25, 0.3) is 0 Å². The minimum atomic E-state index is -3.50. The Morgan fingerprint density at radius 3 is 2.67 bits per heavy atom. The fourth-order valence-corrected chi connectivity index (χ4v) is 4.05. The Bertz CT molecular complexity index is 572. The van der Waals surface area contributed by atoms with Gasteiger partial charge in [-0.2, -0.15) is 4.31 Å². The topological polar surface area (TPSA) is 62.6 Å². The molecule has 2 heterocycles. The van der Waals surface area contributed by atoms with Gasteiger partial charge in [-0.15, -0.1) is 0 Å². The van der Waals surface area contributed by atoms with Crippen molar-refractivity contribution in [3.05, 3.63) is 17.9 Å². The molecule has 1 saturated heterocycles. The largest absolute Gasteiger partial charge is 0.447 e. The van der Waals surface area contributed by atoms with Gasteiger partial charge in [-0.3, -0.25) is 0 Å². The lowest BCUT2D eigenvalue weighted by Crippen LogP contribution is -2.31. The Morgan fingerprint density at radius 2 is 2.10 bits per heavy atom. The van der Waals surface area contributed by atoms with Crippen LogP contribution in [0.1, 0.15) is 39.9 Å². The van der Waals surface area contributed by atoms with E-state index in [-0.39, 0.29) is 10.5 Å². The second kappa shape index (κ2) is 6.10. The van der Waals surface area contributed by atoms with E-state index >= 15 is 0 Å². The van der Waals surface area contributed by atoms with Gasteiger partial charge in [0, 0.05) is 13.1 Å². The number of furan rings is 1. The number of hydrogen-bond donors (Lipinski definition) is 1. The van der Waals surface area contributed by atoms with Gasteiger partial charge in [-0.05, 0) is 36.4 Å². The van der Waals surface area contributed by atoms with E-state index in [2.05, 4.69) is 26.1 Å². The predicted octanol–water partition coefficient (Wildman–Crippen LogP) is 2.45. The number of rotatable bonds is 5. The first-order valence-corrected chi connectivity index (χ1v) is 8.98. The molecule has 120 valence electrons. The first-order valence-electron chi connectivity index (χ1n) is 7.54. The molecule has 2 rings (SSSR count). The predicted molar refractivity (Wildman–Crippen MR) is 82.4 cm³/mol. The van der Waals surface area contributed by atoms with Gasteiger partial charge in [0.2, 0.25) is 5.09 Å². The Labute approximate surface area is 127 Å². The number of sulfonamides is 1. The summed E-state index contributed by atoms with van der Waals surface area (Å²) in [4.78, 5) is 0. The normalized spacial score (nSPS) is 21.0. The molecule has 5 nitrogen and oxygen atoms in total. The van der Waals surface area contributed by atoms with Crippen LogP contribution in [0.2, 0.25) is 0 Å². The van der Waals surface area contributed by atoms with E-state index in [4.69, 9.17) is 4.42 Å². The van der Waals surface area contributed by atoms with Crippen molar-refractivity contribution in [1.29, 1.82) is 0 Å². The molecule has 0 aliphatic carbocycles. The maximum absolute atomic E-state index is 12.6. The summed E-state index contributed by atoms with van der Waals surface area (Å²) >= 11 is 0. The highest BCUT2D eigenvalue weighted by molar-refractivity contribution is 7.89. The lowest BCUT2D eigenvalue weighted by Gasteiger charge is -2.26. The van der Waals surface area contributed by atoms with Gasteiger partial charge in [0.25, 0.3) is 10.0 Å². The second-order valence-electron chi connectivity index (χ2n) is 6.72. The summed E-state index contributed by atoms with van der Waals surface area (Å²) in [5, 5.41) is 3.18. The minimum absolute atomic E-state index is 0.0602. The SMILES string of the molecule is CCNCc1ccc(S(=O)(=O)N2CCC(C(C)(C)C)C2)o1. The third-order valence-corrected chi connectivity index (χ3v) is 5.90. The summed E-state index contributed by atoms with van der Waals surface area (Å²) in [7, 11) is -3.50. The van der Waals surface area contributed by atoms with Crippen molar-refractivity contribution in [2.45, 2.75) is 45.8 Å². The van der Waals surface area contributed by atoms with Crippen LogP contribution in [0.15, 0.2) is 21.6 Å². The summed E-state index contributed by atoms with van der Waals surface area (Å²) < 4.78 is 32.3. The zero-order valence-corrected chi connectivity index (χ0v) is 14.2. The van der Waals surface area contributed by atoms with E-state index in [0.29, 0.717) is 31.3 Å². The zero-order chi connectivity index (χ0) is 15.7. The number of hydrogen-bond acceptors (Lipinski definition) is 4. The molecular weight excluding hydrogens is 288 g/mol. The third-order valence-electron chi connectivity index (χ3n) is 4.16. The van der Waals surface area contributed by atoms with E-state index in [1.165, 1.54) is 0 Å². The second-order valence-corrected chi connectivity index (χ2v) is 8.58. The van der Waals surface area contributed by atoms with Crippen molar-refractivity contribution in [1.82, 2.24) is 9.62 Å². The molecule has 6 heteroatoms. The maximum atomic E-state index is 12.6. The molecule has 1 fully saturated rings. The number of nitrogens with one attached hydrogen (secondary N) is 1. The molecule has 1 aromatic rings. The van der Waals surface area contributed by atoms with Gasteiger partial charge in [-0.1, -0.05) is 27.7 Å². The van der Waals surface area contributed by atoms with E-state index < -0.39 is 10.0 Å². The lowest BCUT2D eigenvalue weighted by atomic mass is 9.80. The van der Waals surface area contributed by atoms with Crippen LogP contribution in [-0.2, 0) is 16.6 Å². The van der Waals surface area contributed by atoms with Crippen LogP contribution in [0.5, 0.6) is 0 Å². The van der Waals surface area contributed by atoms with Crippen LogP contribution >= 0.6 is 0 Å². The quantitative estimate of drug-likeness (QED) is 0.907. The minimum Gasteiger partial charge on any atom is -0.447 e. The average molecular weight is 314 g/mol. The van der Waals surface area contributed by atoms with Crippen LogP contribution < -0.4 is 5.32 Å². The van der Waals surface area contributed by atoms with Gasteiger partial charge in [0.1, 0.15) is 5.76 Å². The maximum Gasteiger partial charge on any atom is 0.276 e. The molecule has 1 aliphatic rings. The van der Waals surface area contributed by atoms with Crippen LogP contribution in [0.4, 0.5) is 0 Å². The van der Waals surface area contributed by atoms with E-state index in [1.54, 1.807) is 16.4 Å². The Morgan fingerprint density at radius 1 is 1.38 bits per heavy atom. The van der Waals surface area contributed by atoms with Crippen molar-refractivity contribution < 1.29 is 12.8 Å². The molecule has 0 amide bonds. The van der Waals surface area contributed by atoms with E-state index in [1.807, 2.05) is 6.92 Å². The van der Waals surface area contributed by atoms with Crippen molar-refractivity contribution in [3.63, 3.8) is 0 Å². The summed E-state index contributed by atoms with van der Waals surface area (Å²) in [6.45, 7) is 11.0. The molecule has 0 saturated carbocycles. The molecule has 1 aromatic heterocycles. The summed E-state index contributed by atoms with van der Waals surface area (Å²) in [6.07, 6.45) is 0.910. The van der Waals surface area contributed by atoms with Gasteiger partial charge in [-0.25, -0.2) is 8.42 Å². The first kappa shape index (κ1) is 16.5. The van der Waals surface area contributed by atoms with Gasteiger partial charge in [0.15, 0.2) is 0 Å². The Kier molecular flexibility index (Phi) is 4.80. The Balaban J connectivity index is 2.10. The average Bonchev–Trinajstić information content (AvgIpc) is 3.05. The van der Waals surface area contributed by atoms with Crippen molar-refractivity contribution in [2.24, 2.45) is 11.3 Å². The van der Waals surface area contributed by atoms with Crippen LogP contribution in [0.3, 0.4) is 0 Å². The monoisotopic (exact) mass is 314 g/mol. The van der Waals surface area contributed by atoms with Crippen LogP contribution in [-0.4, -0.2) is 32.4 Å². The molecule has 1 aliphatic heterocycles. The highest BCUT2D eigenvalue weighted by Gasteiger charge is 2.38. The molecule has 0 aromatic carbocycles.